The molecule has 0 aliphatic carbocycles. The predicted molar refractivity (Wildman–Crippen MR) is 82.0 cm³/mol. The van der Waals surface area contributed by atoms with Gasteiger partial charge in [0.15, 0.2) is 0 Å². The highest BCUT2D eigenvalue weighted by Crippen LogP contribution is 2.29. The lowest BCUT2D eigenvalue weighted by molar-refractivity contribution is 0.210. The van der Waals surface area contributed by atoms with E-state index in [1.54, 1.807) is 7.11 Å². The zero-order chi connectivity index (χ0) is 14.4. The maximum atomic E-state index is 6.01. The summed E-state index contributed by atoms with van der Waals surface area (Å²) in [5.74, 6) is 1.51. The second kappa shape index (κ2) is 6.66. The van der Waals surface area contributed by atoms with E-state index >= 15 is 0 Å². The van der Waals surface area contributed by atoms with Crippen molar-refractivity contribution in [3.8, 4) is 11.5 Å². The van der Waals surface area contributed by atoms with E-state index < -0.39 is 0 Å². The number of ether oxygens (including phenoxy) is 2. The Hall–Kier alpha value is -2.42. The Balaban J connectivity index is 2.22. The quantitative estimate of drug-likeness (QED) is 0.637. The van der Waals surface area contributed by atoms with E-state index in [0.717, 1.165) is 11.3 Å². The number of para-hydroxylation sites is 2. The van der Waals surface area contributed by atoms with Crippen molar-refractivity contribution >= 4 is 5.69 Å². The van der Waals surface area contributed by atoms with E-state index in [2.05, 4.69) is 6.58 Å². The molecule has 0 spiro atoms. The minimum atomic E-state index is -0.108. The van der Waals surface area contributed by atoms with E-state index in [0.29, 0.717) is 17.9 Å². The molecule has 0 bridgehead atoms. The fourth-order valence-corrected chi connectivity index (χ4v) is 1.96. The fourth-order valence-electron chi connectivity index (χ4n) is 1.96. The zero-order valence-corrected chi connectivity index (χ0v) is 11.6. The summed E-state index contributed by atoms with van der Waals surface area (Å²) in [4.78, 5) is 0. The zero-order valence-electron chi connectivity index (χ0n) is 11.6. The maximum absolute atomic E-state index is 6.01. The summed E-state index contributed by atoms with van der Waals surface area (Å²) >= 11 is 0. The number of rotatable bonds is 6. The van der Waals surface area contributed by atoms with Crippen molar-refractivity contribution < 1.29 is 9.47 Å². The molecule has 0 radical (unpaired) electrons. The van der Waals surface area contributed by atoms with Gasteiger partial charge >= 0.3 is 0 Å². The first kappa shape index (κ1) is 14.0. The van der Waals surface area contributed by atoms with Gasteiger partial charge in [-0.25, -0.2) is 0 Å². The Morgan fingerprint density at radius 1 is 1.15 bits per heavy atom. The third-order valence-electron chi connectivity index (χ3n) is 3.06. The predicted octanol–water partition coefficient (Wildman–Crippen LogP) is 3.97. The molecule has 2 aromatic rings. The molecule has 0 saturated heterocycles. The summed E-state index contributed by atoms with van der Waals surface area (Å²) in [5.41, 5.74) is 7.62. The van der Waals surface area contributed by atoms with Gasteiger partial charge in [-0.15, -0.1) is 6.58 Å². The number of hydrogen-bond acceptors (Lipinski definition) is 3. The lowest BCUT2D eigenvalue weighted by atomic mass is 10.1. The molecule has 2 aromatic carbocycles. The third-order valence-corrected chi connectivity index (χ3v) is 3.06. The van der Waals surface area contributed by atoms with Gasteiger partial charge in [0.25, 0.3) is 0 Å². The van der Waals surface area contributed by atoms with Gasteiger partial charge in [0.05, 0.1) is 12.8 Å². The SMILES string of the molecule is C=CCC(Oc1ccccc1N)c1ccc(OC)cc1. The first-order valence-electron chi connectivity index (χ1n) is 6.50. The van der Waals surface area contributed by atoms with Crippen LogP contribution in [0.15, 0.2) is 61.2 Å². The highest BCUT2D eigenvalue weighted by Gasteiger charge is 2.13. The van der Waals surface area contributed by atoms with Gasteiger partial charge in [0.1, 0.15) is 17.6 Å². The average Bonchev–Trinajstić information content (AvgIpc) is 2.49. The highest BCUT2D eigenvalue weighted by atomic mass is 16.5. The molecular weight excluding hydrogens is 250 g/mol. The van der Waals surface area contributed by atoms with Crippen LogP contribution in [-0.2, 0) is 0 Å². The average molecular weight is 269 g/mol. The molecule has 2 N–H and O–H groups in total. The minimum absolute atomic E-state index is 0.108. The molecule has 0 amide bonds. The number of hydrogen-bond donors (Lipinski definition) is 1. The molecule has 20 heavy (non-hydrogen) atoms. The Kier molecular flexibility index (Phi) is 4.66. The third kappa shape index (κ3) is 3.32. The van der Waals surface area contributed by atoms with Crippen LogP contribution in [0.1, 0.15) is 18.1 Å². The molecule has 0 aromatic heterocycles. The molecule has 3 heteroatoms. The number of nitrogen functional groups attached to an aromatic ring is 1. The first-order valence-corrected chi connectivity index (χ1v) is 6.50. The Morgan fingerprint density at radius 3 is 2.45 bits per heavy atom. The lowest BCUT2D eigenvalue weighted by Crippen LogP contribution is -2.08. The van der Waals surface area contributed by atoms with E-state index in [4.69, 9.17) is 15.2 Å². The number of anilines is 1. The molecule has 0 heterocycles. The van der Waals surface area contributed by atoms with Crippen LogP contribution in [0.2, 0.25) is 0 Å². The van der Waals surface area contributed by atoms with Gasteiger partial charge in [-0.05, 0) is 29.8 Å². The monoisotopic (exact) mass is 269 g/mol. The van der Waals surface area contributed by atoms with E-state index in [9.17, 15) is 0 Å². The van der Waals surface area contributed by atoms with Crippen LogP contribution in [0.4, 0.5) is 5.69 Å². The first-order chi connectivity index (χ1) is 9.74. The minimum Gasteiger partial charge on any atom is -0.497 e. The van der Waals surface area contributed by atoms with Crippen molar-refractivity contribution in [2.45, 2.75) is 12.5 Å². The number of methoxy groups -OCH3 is 1. The second-order valence-electron chi connectivity index (χ2n) is 4.44. The molecule has 1 atom stereocenters. The van der Waals surface area contributed by atoms with Crippen LogP contribution in [0.25, 0.3) is 0 Å². The molecule has 0 saturated carbocycles. The molecule has 104 valence electrons. The van der Waals surface area contributed by atoms with Gasteiger partial charge < -0.3 is 15.2 Å². The van der Waals surface area contributed by atoms with Gasteiger partial charge in [0, 0.05) is 6.42 Å². The van der Waals surface area contributed by atoms with E-state index in [-0.39, 0.29) is 6.10 Å². The second-order valence-corrected chi connectivity index (χ2v) is 4.44. The van der Waals surface area contributed by atoms with Crippen molar-refractivity contribution in [2.24, 2.45) is 0 Å². The van der Waals surface area contributed by atoms with Crippen LogP contribution in [0.3, 0.4) is 0 Å². The smallest absolute Gasteiger partial charge is 0.143 e. The van der Waals surface area contributed by atoms with Crippen LogP contribution in [-0.4, -0.2) is 7.11 Å². The van der Waals surface area contributed by atoms with Crippen LogP contribution >= 0.6 is 0 Å². The number of nitrogens with two attached hydrogens (primary N) is 1. The van der Waals surface area contributed by atoms with Gasteiger partial charge in [-0.3, -0.25) is 0 Å². The largest absolute Gasteiger partial charge is 0.497 e. The maximum Gasteiger partial charge on any atom is 0.143 e. The standard InChI is InChI=1S/C17H19NO2/c1-3-6-16(13-9-11-14(19-2)12-10-13)20-17-8-5-4-7-15(17)18/h3-5,7-12,16H,1,6,18H2,2H3. The van der Waals surface area contributed by atoms with Gasteiger partial charge in [-0.2, -0.15) is 0 Å². The summed E-state index contributed by atoms with van der Waals surface area (Å²) in [6.45, 7) is 3.79. The number of benzene rings is 2. The van der Waals surface area contributed by atoms with Crippen molar-refractivity contribution in [3.05, 3.63) is 66.7 Å². The molecular formula is C17H19NO2. The van der Waals surface area contributed by atoms with E-state index in [1.165, 1.54) is 0 Å². The van der Waals surface area contributed by atoms with Crippen molar-refractivity contribution in [1.82, 2.24) is 0 Å². The summed E-state index contributed by atoms with van der Waals surface area (Å²) in [7, 11) is 1.65. The molecule has 0 fully saturated rings. The van der Waals surface area contributed by atoms with Crippen LogP contribution < -0.4 is 15.2 Å². The molecule has 0 aliphatic heterocycles. The molecule has 3 nitrogen and oxygen atoms in total. The summed E-state index contributed by atoms with van der Waals surface area (Å²) in [5, 5.41) is 0. The fraction of sp³-hybridized carbons (Fsp3) is 0.176. The Morgan fingerprint density at radius 2 is 1.85 bits per heavy atom. The topological polar surface area (TPSA) is 44.5 Å². The van der Waals surface area contributed by atoms with Crippen LogP contribution in [0, 0.1) is 0 Å². The normalized spacial score (nSPS) is 11.7. The Bertz CT molecular complexity index is 563. The summed E-state index contributed by atoms with van der Waals surface area (Å²) in [6.07, 6.45) is 2.44. The highest BCUT2D eigenvalue weighted by molar-refractivity contribution is 5.52. The molecule has 2 rings (SSSR count). The van der Waals surface area contributed by atoms with Crippen molar-refractivity contribution in [2.75, 3.05) is 12.8 Å². The molecule has 1 unspecified atom stereocenters. The van der Waals surface area contributed by atoms with Gasteiger partial charge in [0.2, 0.25) is 0 Å². The lowest BCUT2D eigenvalue weighted by Gasteiger charge is -2.19. The Labute approximate surface area is 119 Å². The van der Waals surface area contributed by atoms with E-state index in [1.807, 2.05) is 54.6 Å². The molecule has 0 aliphatic rings. The summed E-state index contributed by atoms with van der Waals surface area (Å²) in [6, 6.07) is 15.3. The van der Waals surface area contributed by atoms with Crippen LogP contribution in [0.5, 0.6) is 11.5 Å². The van der Waals surface area contributed by atoms with Gasteiger partial charge in [-0.1, -0.05) is 30.3 Å². The van der Waals surface area contributed by atoms with Crippen molar-refractivity contribution in [1.29, 1.82) is 0 Å². The summed E-state index contributed by atoms with van der Waals surface area (Å²) < 4.78 is 11.2. The van der Waals surface area contributed by atoms with Crippen molar-refractivity contribution in [3.63, 3.8) is 0 Å².